The van der Waals surface area contributed by atoms with Gasteiger partial charge >= 0.3 is 5.97 Å². The highest BCUT2D eigenvalue weighted by molar-refractivity contribution is 6.09. The Balaban J connectivity index is 2.25. The number of hydrogen-bond donors (Lipinski definition) is 3. The molecule has 0 heterocycles. The van der Waals surface area contributed by atoms with Gasteiger partial charge in [-0.2, -0.15) is 0 Å². The number of carboxylic acid groups (broad SMARTS) is 1. The molecular formula is C22H26N2O5. The van der Waals surface area contributed by atoms with Crippen molar-refractivity contribution in [1.29, 1.82) is 0 Å². The Hall–Kier alpha value is -3.35. The second kappa shape index (κ2) is 8.77. The molecule has 0 bridgehead atoms. The molecule has 0 aliphatic heterocycles. The van der Waals surface area contributed by atoms with E-state index in [1.165, 1.54) is 0 Å². The molecule has 2 amide bonds. The van der Waals surface area contributed by atoms with E-state index in [0.717, 1.165) is 0 Å². The lowest BCUT2D eigenvalue weighted by Gasteiger charge is -2.21. The number of anilines is 1. The van der Waals surface area contributed by atoms with E-state index < -0.39 is 18.1 Å². The normalized spacial score (nSPS) is 10.9. The van der Waals surface area contributed by atoms with Crippen LogP contribution in [0.1, 0.15) is 52.6 Å². The average Bonchev–Trinajstić information content (AvgIpc) is 2.59. The van der Waals surface area contributed by atoms with E-state index in [0.29, 0.717) is 33.7 Å². The minimum absolute atomic E-state index is 0.279. The van der Waals surface area contributed by atoms with Crippen LogP contribution in [0.25, 0.3) is 0 Å². The fourth-order valence-electron chi connectivity index (χ4n) is 2.84. The highest BCUT2D eigenvalue weighted by atomic mass is 16.5. The van der Waals surface area contributed by atoms with Crippen LogP contribution in [0.2, 0.25) is 0 Å². The van der Waals surface area contributed by atoms with Crippen LogP contribution in [0.15, 0.2) is 36.4 Å². The molecule has 0 atom stereocenters. The molecule has 0 aliphatic carbocycles. The molecule has 29 heavy (non-hydrogen) atoms. The molecule has 0 spiro atoms. The first-order valence-electron chi connectivity index (χ1n) is 9.16. The summed E-state index contributed by atoms with van der Waals surface area (Å²) in [6, 6.07) is 10.0. The molecule has 0 fully saturated rings. The molecule has 7 heteroatoms. The number of rotatable bonds is 6. The minimum atomic E-state index is -1.07. The Kier molecular flexibility index (Phi) is 6.64. The highest BCUT2D eigenvalue weighted by Crippen LogP contribution is 2.26. The van der Waals surface area contributed by atoms with E-state index in [1.807, 2.05) is 20.8 Å². The van der Waals surface area contributed by atoms with Crippen molar-refractivity contribution in [1.82, 2.24) is 5.32 Å². The van der Waals surface area contributed by atoms with E-state index in [-0.39, 0.29) is 11.8 Å². The van der Waals surface area contributed by atoms with Crippen molar-refractivity contribution in [2.75, 3.05) is 11.9 Å². The summed E-state index contributed by atoms with van der Waals surface area (Å²) in [7, 11) is 0. The van der Waals surface area contributed by atoms with E-state index in [9.17, 15) is 14.4 Å². The summed E-state index contributed by atoms with van der Waals surface area (Å²) < 4.78 is 5.29. The monoisotopic (exact) mass is 398 g/mol. The number of ether oxygens (including phenoxy) is 1. The van der Waals surface area contributed by atoms with E-state index >= 15 is 0 Å². The fourth-order valence-corrected chi connectivity index (χ4v) is 2.84. The first kappa shape index (κ1) is 21.9. The molecular weight excluding hydrogens is 372 g/mol. The molecule has 7 nitrogen and oxygen atoms in total. The van der Waals surface area contributed by atoms with Gasteiger partial charge in [0.05, 0.1) is 11.3 Å². The third kappa shape index (κ3) is 6.07. The van der Waals surface area contributed by atoms with Crippen molar-refractivity contribution in [3.05, 3.63) is 58.7 Å². The van der Waals surface area contributed by atoms with E-state index in [1.54, 1.807) is 50.2 Å². The van der Waals surface area contributed by atoms with Gasteiger partial charge in [-0.15, -0.1) is 0 Å². The van der Waals surface area contributed by atoms with Crippen LogP contribution in [0.4, 0.5) is 5.69 Å². The molecule has 0 saturated carbocycles. The van der Waals surface area contributed by atoms with Crippen LogP contribution >= 0.6 is 0 Å². The maximum Gasteiger partial charge on any atom is 0.341 e. The number of para-hydroxylation sites is 1. The van der Waals surface area contributed by atoms with Crippen LogP contribution in [0.5, 0.6) is 5.75 Å². The number of carbonyl (C=O) groups excluding carboxylic acids is 2. The summed E-state index contributed by atoms with van der Waals surface area (Å²) in [6.45, 7) is 8.67. The lowest BCUT2D eigenvalue weighted by Crippen LogP contribution is -2.40. The molecule has 2 aromatic rings. The van der Waals surface area contributed by atoms with Crippen LogP contribution in [-0.4, -0.2) is 35.0 Å². The smallest absolute Gasteiger partial charge is 0.341 e. The molecule has 3 N–H and O–H groups in total. The van der Waals surface area contributed by atoms with Gasteiger partial charge in [0.25, 0.3) is 11.8 Å². The first-order valence-corrected chi connectivity index (χ1v) is 9.16. The predicted octanol–water partition coefficient (Wildman–Crippen LogP) is 3.55. The van der Waals surface area contributed by atoms with Crippen molar-refractivity contribution >= 4 is 23.5 Å². The molecule has 0 unspecified atom stereocenters. The zero-order chi connectivity index (χ0) is 21.8. The van der Waals surface area contributed by atoms with Gasteiger partial charge in [0.2, 0.25) is 0 Å². The number of nitrogens with one attached hydrogen (secondary N) is 2. The molecule has 0 aromatic heterocycles. The Morgan fingerprint density at radius 1 is 1.00 bits per heavy atom. The number of aliphatic carboxylic acids is 1. The molecule has 0 radical (unpaired) electrons. The largest absolute Gasteiger partial charge is 0.481 e. The highest BCUT2D eigenvalue weighted by Gasteiger charge is 2.19. The van der Waals surface area contributed by atoms with Gasteiger partial charge in [-0.25, -0.2) is 4.79 Å². The summed E-state index contributed by atoms with van der Waals surface area (Å²) in [4.78, 5) is 36.1. The van der Waals surface area contributed by atoms with Crippen LogP contribution < -0.4 is 15.4 Å². The van der Waals surface area contributed by atoms with Gasteiger partial charge in [0.15, 0.2) is 6.61 Å². The van der Waals surface area contributed by atoms with Gasteiger partial charge < -0.3 is 20.5 Å². The Morgan fingerprint density at radius 3 is 2.14 bits per heavy atom. The van der Waals surface area contributed by atoms with Gasteiger partial charge in [-0.1, -0.05) is 12.1 Å². The van der Waals surface area contributed by atoms with Crippen LogP contribution in [0, 0.1) is 13.8 Å². The van der Waals surface area contributed by atoms with Crippen LogP contribution in [0.3, 0.4) is 0 Å². The quantitative estimate of drug-likeness (QED) is 0.690. The van der Waals surface area contributed by atoms with Crippen molar-refractivity contribution in [3.8, 4) is 5.75 Å². The fraction of sp³-hybridized carbons (Fsp3) is 0.318. The Morgan fingerprint density at radius 2 is 1.59 bits per heavy atom. The van der Waals surface area contributed by atoms with Crippen LogP contribution in [-0.2, 0) is 4.79 Å². The minimum Gasteiger partial charge on any atom is -0.481 e. The van der Waals surface area contributed by atoms with Gasteiger partial charge in [-0.05, 0) is 70.0 Å². The van der Waals surface area contributed by atoms with E-state index in [2.05, 4.69) is 10.6 Å². The third-order valence-electron chi connectivity index (χ3n) is 3.97. The summed E-state index contributed by atoms with van der Waals surface area (Å²) >= 11 is 0. The zero-order valence-electron chi connectivity index (χ0n) is 17.3. The summed E-state index contributed by atoms with van der Waals surface area (Å²) in [5, 5.41) is 14.4. The summed E-state index contributed by atoms with van der Waals surface area (Å²) in [6.07, 6.45) is 0. The number of benzene rings is 2. The average molecular weight is 398 g/mol. The summed E-state index contributed by atoms with van der Waals surface area (Å²) in [5.74, 6) is -1.29. The molecule has 2 aromatic carbocycles. The SMILES string of the molecule is Cc1cc(C(=O)Nc2ccccc2C(=O)NC(C)(C)C)cc(C)c1OCC(=O)O. The Bertz CT molecular complexity index is 921. The third-order valence-corrected chi connectivity index (χ3v) is 3.97. The molecule has 2 rings (SSSR count). The van der Waals surface area contributed by atoms with Gasteiger partial charge in [0.1, 0.15) is 5.75 Å². The maximum atomic E-state index is 12.8. The number of carbonyl (C=O) groups is 3. The number of amides is 2. The summed E-state index contributed by atoms with van der Waals surface area (Å²) in [5.41, 5.74) is 2.04. The number of aryl methyl sites for hydroxylation is 2. The Labute approximate surface area is 170 Å². The second-order valence-electron chi connectivity index (χ2n) is 7.83. The van der Waals surface area contributed by atoms with Crippen molar-refractivity contribution < 1.29 is 24.2 Å². The number of carboxylic acids is 1. The first-order chi connectivity index (χ1) is 13.5. The lowest BCUT2D eigenvalue weighted by atomic mass is 10.0. The van der Waals surface area contributed by atoms with Gasteiger partial charge in [0, 0.05) is 11.1 Å². The van der Waals surface area contributed by atoms with Crippen molar-refractivity contribution in [2.45, 2.75) is 40.2 Å². The second-order valence-corrected chi connectivity index (χ2v) is 7.83. The maximum absolute atomic E-state index is 12.8. The predicted molar refractivity (Wildman–Crippen MR) is 111 cm³/mol. The molecule has 0 aliphatic rings. The zero-order valence-corrected chi connectivity index (χ0v) is 17.3. The van der Waals surface area contributed by atoms with E-state index in [4.69, 9.17) is 9.84 Å². The lowest BCUT2D eigenvalue weighted by molar-refractivity contribution is -0.139. The molecule has 0 saturated heterocycles. The molecule has 154 valence electrons. The van der Waals surface area contributed by atoms with Crippen molar-refractivity contribution in [3.63, 3.8) is 0 Å². The van der Waals surface area contributed by atoms with Gasteiger partial charge in [-0.3, -0.25) is 9.59 Å². The number of hydrogen-bond acceptors (Lipinski definition) is 4. The topological polar surface area (TPSA) is 105 Å². The standard InChI is InChI=1S/C22H26N2O5/c1-13-10-15(11-14(2)19(13)29-12-18(25)26)20(27)23-17-9-7-6-8-16(17)21(28)24-22(3,4)5/h6-11H,12H2,1-5H3,(H,23,27)(H,24,28)(H,25,26). The van der Waals surface area contributed by atoms with Crippen molar-refractivity contribution in [2.24, 2.45) is 0 Å².